The number of hydrogen-bond acceptors (Lipinski definition) is 4. The van der Waals surface area contributed by atoms with Crippen LogP contribution in [0.15, 0.2) is 53.4 Å². The summed E-state index contributed by atoms with van der Waals surface area (Å²) in [7, 11) is -3.81. The maximum absolute atomic E-state index is 13.1. The molecular formula is C19H20F2N4O4S. The van der Waals surface area contributed by atoms with E-state index in [0.717, 1.165) is 24.3 Å². The van der Waals surface area contributed by atoms with Gasteiger partial charge in [-0.25, -0.2) is 27.4 Å². The summed E-state index contributed by atoms with van der Waals surface area (Å²) in [5.74, 6) is -1.63. The average molecular weight is 438 g/mol. The minimum atomic E-state index is -3.81. The first-order valence-corrected chi connectivity index (χ1v) is 10.6. The van der Waals surface area contributed by atoms with E-state index in [9.17, 15) is 26.8 Å². The molecule has 2 aromatic rings. The van der Waals surface area contributed by atoms with E-state index in [-0.39, 0.29) is 36.6 Å². The molecular weight excluding hydrogens is 418 g/mol. The topological polar surface area (TPSA) is 98.8 Å². The minimum Gasteiger partial charge on any atom is -0.322 e. The van der Waals surface area contributed by atoms with Crippen molar-refractivity contribution < 1.29 is 26.8 Å². The first kappa shape index (κ1) is 21.7. The molecule has 1 saturated heterocycles. The standard InChI is InChI=1S/C19H20F2N4O4S/c20-15-4-2-14(3-5-15)18(26)22-23-19(27)24-10-1-11-25(13-12-24)30(28,29)17-8-6-16(21)7-9-17/h2-9H,1,10-13H2,(H,22,26)(H,23,27). The van der Waals surface area contributed by atoms with Crippen molar-refractivity contribution in [1.29, 1.82) is 0 Å². The van der Waals surface area contributed by atoms with E-state index in [1.54, 1.807) is 0 Å². The van der Waals surface area contributed by atoms with Crippen LogP contribution in [-0.4, -0.2) is 55.7 Å². The molecule has 1 aliphatic heterocycles. The summed E-state index contributed by atoms with van der Waals surface area (Å²) in [5, 5.41) is 0. The van der Waals surface area contributed by atoms with E-state index in [1.165, 1.54) is 33.5 Å². The number of sulfonamides is 1. The van der Waals surface area contributed by atoms with Gasteiger partial charge in [0.25, 0.3) is 5.91 Å². The Kier molecular flexibility index (Phi) is 6.63. The number of nitrogens with zero attached hydrogens (tertiary/aromatic N) is 2. The highest BCUT2D eigenvalue weighted by Crippen LogP contribution is 2.18. The SMILES string of the molecule is O=C(NNC(=O)N1CCCN(S(=O)(=O)c2ccc(F)cc2)CC1)c1ccc(F)cc1. The lowest BCUT2D eigenvalue weighted by Crippen LogP contribution is -2.49. The van der Waals surface area contributed by atoms with Crippen LogP contribution in [0, 0.1) is 11.6 Å². The fourth-order valence-electron chi connectivity index (χ4n) is 2.96. The number of amides is 3. The number of halogens is 2. The molecule has 0 spiro atoms. The Bertz CT molecular complexity index is 1010. The molecule has 0 aromatic heterocycles. The smallest absolute Gasteiger partial charge is 0.322 e. The first-order chi connectivity index (χ1) is 14.3. The number of benzene rings is 2. The predicted molar refractivity (Wildman–Crippen MR) is 104 cm³/mol. The second kappa shape index (κ2) is 9.18. The normalized spacial score (nSPS) is 15.3. The van der Waals surface area contributed by atoms with Crippen molar-refractivity contribution in [2.45, 2.75) is 11.3 Å². The van der Waals surface area contributed by atoms with Crippen LogP contribution in [-0.2, 0) is 10.0 Å². The van der Waals surface area contributed by atoms with Gasteiger partial charge in [0.2, 0.25) is 10.0 Å². The van der Waals surface area contributed by atoms with Crippen molar-refractivity contribution in [2.24, 2.45) is 0 Å². The average Bonchev–Trinajstić information content (AvgIpc) is 2.99. The largest absolute Gasteiger partial charge is 0.336 e. The fourth-order valence-corrected chi connectivity index (χ4v) is 4.43. The van der Waals surface area contributed by atoms with Gasteiger partial charge in [-0.3, -0.25) is 10.2 Å². The summed E-state index contributed by atoms with van der Waals surface area (Å²) in [6.07, 6.45) is 0.389. The Hall–Kier alpha value is -3.05. The summed E-state index contributed by atoms with van der Waals surface area (Å²) >= 11 is 0. The summed E-state index contributed by atoms with van der Waals surface area (Å²) in [4.78, 5) is 25.7. The molecule has 0 atom stereocenters. The van der Waals surface area contributed by atoms with Crippen LogP contribution in [0.4, 0.5) is 13.6 Å². The Balaban J connectivity index is 1.56. The summed E-state index contributed by atoms with van der Waals surface area (Å²) in [6.45, 7) is 0.650. The van der Waals surface area contributed by atoms with E-state index in [4.69, 9.17) is 0 Å². The molecule has 1 fully saturated rings. The van der Waals surface area contributed by atoms with Crippen molar-refractivity contribution in [1.82, 2.24) is 20.1 Å². The van der Waals surface area contributed by atoms with Crippen molar-refractivity contribution in [2.75, 3.05) is 26.2 Å². The molecule has 2 aromatic carbocycles. The van der Waals surface area contributed by atoms with E-state index < -0.39 is 33.6 Å². The molecule has 0 unspecified atom stereocenters. The molecule has 3 rings (SSSR count). The van der Waals surface area contributed by atoms with Gasteiger partial charge in [-0.15, -0.1) is 0 Å². The number of carbonyl (C=O) groups excluding carboxylic acids is 2. The number of carbonyl (C=O) groups is 2. The highest BCUT2D eigenvalue weighted by atomic mass is 32.2. The first-order valence-electron chi connectivity index (χ1n) is 9.14. The van der Waals surface area contributed by atoms with Crippen LogP contribution in [0.25, 0.3) is 0 Å². The van der Waals surface area contributed by atoms with Gasteiger partial charge in [0.05, 0.1) is 4.90 Å². The zero-order chi connectivity index (χ0) is 21.7. The van der Waals surface area contributed by atoms with Gasteiger partial charge in [0.15, 0.2) is 0 Å². The number of nitrogens with one attached hydrogen (secondary N) is 2. The van der Waals surface area contributed by atoms with Gasteiger partial charge >= 0.3 is 6.03 Å². The number of urea groups is 1. The molecule has 1 heterocycles. The summed E-state index contributed by atoms with van der Waals surface area (Å²) < 4.78 is 52.7. The molecule has 0 aliphatic carbocycles. The monoisotopic (exact) mass is 438 g/mol. The molecule has 0 bridgehead atoms. The molecule has 2 N–H and O–H groups in total. The zero-order valence-corrected chi connectivity index (χ0v) is 16.7. The Labute approximate surface area is 172 Å². The number of rotatable bonds is 3. The summed E-state index contributed by atoms with van der Waals surface area (Å²) in [5.41, 5.74) is 4.68. The van der Waals surface area contributed by atoms with Crippen molar-refractivity contribution in [3.8, 4) is 0 Å². The lowest BCUT2D eigenvalue weighted by Gasteiger charge is -2.22. The molecule has 160 valence electrons. The fraction of sp³-hybridized carbons (Fsp3) is 0.263. The van der Waals surface area contributed by atoms with E-state index in [0.29, 0.717) is 6.42 Å². The van der Waals surface area contributed by atoms with Gasteiger partial charge in [0, 0.05) is 31.7 Å². The number of hydrogen-bond donors (Lipinski definition) is 2. The molecule has 30 heavy (non-hydrogen) atoms. The van der Waals surface area contributed by atoms with Crippen LogP contribution < -0.4 is 10.9 Å². The van der Waals surface area contributed by atoms with Crippen molar-refractivity contribution in [3.05, 3.63) is 65.7 Å². The van der Waals surface area contributed by atoms with Gasteiger partial charge < -0.3 is 4.90 Å². The minimum absolute atomic E-state index is 0.0200. The van der Waals surface area contributed by atoms with Crippen molar-refractivity contribution in [3.63, 3.8) is 0 Å². The molecule has 1 aliphatic rings. The maximum atomic E-state index is 13.1. The third-order valence-corrected chi connectivity index (χ3v) is 6.50. The third-order valence-electron chi connectivity index (χ3n) is 4.58. The second-order valence-corrected chi connectivity index (χ2v) is 8.53. The van der Waals surface area contributed by atoms with Gasteiger partial charge in [-0.1, -0.05) is 0 Å². The lowest BCUT2D eigenvalue weighted by molar-refractivity contribution is 0.0930. The van der Waals surface area contributed by atoms with Crippen LogP contribution >= 0.6 is 0 Å². The quantitative estimate of drug-likeness (QED) is 0.713. The van der Waals surface area contributed by atoms with Gasteiger partial charge in [0.1, 0.15) is 11.6 Å². The van der Waals surface area contributed by atoms with E-state index >= 15 is 0 Å². The van der Waals surface area contributed by atoms with Crippen LogP contribution in [0.5, 0.6) is 0 Å². The molecule has 3 amide bonds. The zero-order valence-electron chi connectivity index (χ0n) is 15.8. The molecule has 11 heteroatoms. The molecule has 0 radical (unpaired) electrons. The van der Waals surface area contributed by atoms with Crippen LogP contribution in [0.2, 0.25) is 0 Å². The Morgan fingerprint density at radius 2 is 1.40 bits per heavy atom. The highest BCUT2D eigenvalue weighted by Gasteiger charge is 2.28. The number of hydrazine groups is 1. The van der Waals surface area contributed by atoms with Crippen molar-refractivity contribution >= 4 is 22.0 Å². The molecule has 0 saturated carbocycles. The van der Waals surface area contributed by atoms with Gasteiger partial charge in [-0.2, -0.15) is 4.31 Å². The van der Waals surface area contributed by atoms with Gasteiger partial charge in [-0.05, 0) is 55.0 Å². The maximum Gasteiger partial charge on any atom is 0.336 e. The van der Waals surface area contributed by atoms with Crippen LogP contribution in [0.3, 0.4) is 0 Å². The second-order valence-electron chi connectivity index (χ2n) is 6.59. The van der Waals surface area contributed by atoms with E-state index in [2.05, 4.69) is 10.9 Å². The predicted octanol–water partition coefficient (Wildman–Crippen LogP) is 1.72. The molecule has 8 nitrogen and oxygen atoms in total. The highest BCUT2D eigenvalue weighted by molar-refractivity contribution is 7.89. The summed E-state index contributed by atoms with van der Waals surface area (Å²) in [6, 6.07) is 8.77. The Morgan fingerprint density at radius 1 is 0.800 bits per heavy atom. The van der Waals surface area contributed by atoms with E-state index in [1.807, 2.05) is 0 Å². The van der Waals surface area contributed by atoms with Crippen LogP contribution in [0.1, 0.15) is 16.8 Å². The third kappa shape index (κ3) is 5.10. The Morgan fingerprint density at radius 3 is 2.03 bits per heavy atom. The lowest BCUT2D eigenvalue weighted by atomic mass is 10.2.